The Morgan fingerprint density at radius 3 is 2.50 bits per heavy atom. The highest BCUT2D eigenvalue weighted by atomic mass is 16.3. The molecule has 1 aliphatic rings. The van der Waals surface area contributed by atoms with Crippen molar-refractivity contribution in [3.05, 3.63) is 0 Å². The highest BCUT2D eigenvalue weighted by molar-refractivity contribution is 5.86. The van der Waals surface area contributed by atoms with Gasteiger partial charge in [-0.25, -0.2) is 0 Å². The Bertz CT molecular complexity index is 248. The zero-order chi connectivity index (χ0) is 12.0. The van der Waals surface area contributed by atoms with Gasteiger partial charge in [-0.1, -0.05) is 19.3 Å². The lowest BCUT2D eigenvalue weighted by Crippen LogP contribution is -2.44. The topological polar surface area (TPSA) is 78.4 Å². The van der Waals surface area contributed by atoms with E-state index in [0.29, 0.717) is 0 Å². The number of carbonyl (C=O) groups is 2. The molecule has 5 nitrogen and oxygen atoms in total. The summed E-state index contributed by atoms with van der Waals surface area (Å²) in [5.74, 6) is -0.695. The third-order valence-electron chi connectivity index (χ3n) is 2.77. The van der Waals surface area contributed by atoms with Crippen LogP contribution in [0.25, 0.3) is 0 Å². The molecular weight excluding hydrogens is 208 g/mol. The van der Waals surface area contributed by atoms with Crippen molar-refractivity contribution in [3.8, 4) is 0 Å². The standard InChI is InChI=1S/C11H20N2O3/c1-8(14)11(16)12-7-10(15)13-9-5-3-2-4-6-9/h8-9,14H,2-7H2,1H3,(H,12,16)(H,13,15). The van der Waals surface area contributed by atoms with E-state index in [1.54, 1.807) is 0 Å². The Hall–Kier alpha value is -1.10. The minimum Gasteiger partial charge on any atom is -0.384 e. The van der Waals surface area contributed by atoms with Crippen LogP contribution >= 0.6 is 0 Å². The molecule has 0 aromatic carbocycles. The zero-order valence-corrected chi connectivity index (χ0v) is 9.66. The summed E-state index contributed by atoms with van der Waals surface area (Å²) in [4.78, 5) is 22.4. The van der Waals surface area contributed by atoms with Crippen LogP contribution in [0.2, 0.25) is 0 Å². The first-order valence-corrected chi connectivity index (χ1v) is 5.84. The van der Waals surface area contributed by atoms with Crippen LogP contribution in [0.3, 0.4) is 0 Å². The summed E-state index contributed by atoms with van der Waals surface area (Å²) in [5.41, 5.74) is 0. The number of nitrogens with one attached hydrogen (secondary N) is 2. The third-order valence-corrected chi connectivity index (χ3v) is 2.77. The van der Waals surface area contributed by atoms with E-state index in [-0.39, 0.29) is 18.5 Å². The minimum atomic E-state index is -1.07. The molecule has 1 unspecified atom stereocenters. The monoisotopic (exact) mass is 228 g/mol. The largest absolute Gasteiger partial charge is 0.384 e. The Labute approximate surface area is 95.6 Å². The maximum atomic E-state index is 11.4. The van der Waals surface area contributed by atoms with Crippen LogP contribution < -0.4 is 10.6 Å². The summed E-state index contributed by atoms with van der Waals surface area (Å²) in [6.45, 7) is 1.31. The van der Waals surface area contributed by atoms with Crippen LogP contribution in [0.1, 0.15) is 39.0 Å². The first-order chi connectivity index (χ1) is 7.59. The van der Waals surface area contributed by atoms with Gasteiger partial charge >= 0.3 is 0 Å². The van der Waals surface area contributed by atoms with Crippen LogP contribution in [0, 0.1) is 0 Å². The van der Waals surface area contributed by atoms with E-state index in [2.05, 4.69) is 10.6 Å². The molecule has 0 heterocycles. The summed E-state index contributed by atoms with van der Waals surface area (Å²) in [5, 5.41) is 14.2. The van der Waals surface area contributed by atoms with Gasteiger partial charge in [0, 0.05) is 6.04 Å². The number of carbonyl (C=O) groups excluding carboxylic acids is 2. The number of aliphatic hydroxyl groups excluding tert-OH is 1. The molecule has 0 radical (unpaired) electrons. The smallest absolute Gasteiger partial charge is 0.248 e. The average molecular weight is 228 g/mol. The molecule has 1 fully saturated rings. The lowest BCUT2D eigenvalue weighted by atomic mass is 9.95. The fraction of sp³-hybridized carbons (Fsp3) is 0.818. The lowest BCUT2D eigenvalue weighted by molar-refractivity contribution is -0.131. The molecule has 3 N–H and O–H groups in total. The van der Waals surface area contributed by atoms with Gasteiger partial charge in [0.05, 0.1) is 6.54 Å². The van der Waals surface area contributed by atoms with E-state index in [1.165, 1.54) is 13.3 Å². The third kappa shape index (κ3) is 4.61. The van der Waals surface area contributed by atoms with E-state index >= 15 is 0 Å². The van der Waals surface area contributed by atoms with Gasteiger partial charge in [-0.2, -0.15) is 0 Å². The van der Waals surface area contributed by atoms with Crippen LogP contribution in [-0.4, -0.2) is 35.6 Å². The Balaban J connectivity index is 2.17. The molecule has 2 amide bonds. The molecule has 0 saturated heterocycles. The van der Waals surface area contributed by atoms with Gasteiger partial charge in [-0.3, -0.25) is 9.59 Å². The maximum absolute atomic E-state index is 11.4. The fourth-order valence-electron chi connectivity index (χ4n) is 1.84. The number of rotatable bonds is 4. The van der Waals surface area contributed by atoms with Crippen molar-refractivity contribution in [3.63, 3.8) is 0 Å². The minimum absolute atomic E-state index is 0.0553. The molecule has 1 aliphatic carbocycles. The Morgan fingerprint density at radius 2 is 1.94 bits per heavy atom. The normalized spacial score (nSPS) is 18.9. The van der Waals surface area contributed by atoms with E-state index in [4.69, 9.17) is 5.11 Å². The summed E-state index contributed by atoms with van der Waals surface area (Å²) in [6.07, 6.45) is 4.54. The van der Waals surface area contributed by atoms with Gasteiger partial charge in [0.15, 0.2) is 0 Å². The molecule has 0 spiro atoms. The van der Waals surface area contributed by atoms with Crippen molar-refractivity contribution in [2.45, 2.75) is 51.2 Å². The van der Waals surface area contributed by atoms with Crippen molar-refractivity contribution in [2.24, 2.45) is 0 Å². The Morgan fingerprint density at radius 1 is 1.31 bits per heavy atom. The highest BCUT2D eigenvalue weighted by Gasteiger charge is 2.16. The summed E-state index contributed by atoms with van der Waals surface area (Å²) >= 11 is 0. The second kappa shape index (κ2) is 6.48. The molecule has 0 aromatic rings. The summed E-state index contributed by atoms with van der Waals surface area (Å²) < 4.78 is 0. The van der Waals surface area contributed by atoms with Gasteiger partial charge in [-0.15, -0.1) is 0 Å². The molecule has 92 valence electrons. The quantitative estimate of drug-likeness (QED) is 0.630. The van der Waals surface area contributed by atoms with Crippen molar-refractivity contribution in [1.82, 2.24) is 10.6 Å². The molecule has 5 heteroatoms. The maximum Gasteiger partial charge on any atom is 0.248 e. The Kier molecular flexibility index (Phi) is 5.25. The summed E-state index contributed by atoms with van der Waals surface area (Å²) in [7, 11) is 0. The van der Waals surface area contributed by atoms with Crippen molar-refractivity contribution in [1.29, 1.82) is 0 Å². The first-order valence-electron chi connectivity index (χ1n) is 5.84. The number of hydrogen-bond acceptors (Lipinski definition) is 3. The van der Waals surface area contributed by atoms with Crippen molar-refractivity contribution in [2.75, 3.05) is 6.54 Å². The molecule has 16 heavy (non-hydrogen) atoms. The highest BCUT2D eigenvalue weighted by Crippen LogP contribution is 2.16. The molecular formula is C11H20N2O3. The predicted octanol–water partition coefficient (Wildman–Crippen LogP) is -0.0677. The van der Waals surface area contributed by atoms with Crippen LogP contribution in [-0.2, 0) is 9.59 Å². The van der Waals surface area contributed by atoms with Crippen LogP contribution in [0.4, 0.5) is 0 Å². The molecule has 1 atom stereocenters. The molecule has 0 aromatic heterocycles. The van der Waals surface area contributed by atoms with E-state index in [0.717, 1.165) is 25.7 Å². The predicted molar refractivity (Wildman–Crippen MR) is 59.7 cm³/mol. The van der Waals surface area contributed by atoms with E-state index in [1.807, 2.05) is 0 Å². The summed E-state index contributed by atoms with van der Waals surface area (Å²) in [6, 6.07) is 0.254. The van der Waals surface area contributed by atoms with Gasteiger partial charge in [0.25, 0.3) is 0 Å². The van der Waals surface area contributed by atoms with Gasteiger partial charge < -0.3 is 15.7 Å². The molecule has 1 saturated carbocycles. The van der Waals surface area contributed by atoms with Crippen LogP contribution in [0.5, 0.6) is 0 Å². The van der Waals surface area contributed by atoms with Crippen molar-refractivity contribution >= 4 is 11.8 Å². The van der Waals surface area contributed by atoms with Crippen LogP contribution in [0.15, 0.2) is 0 Å². The average Bonchev–Trinajstić information content (AvgIpc) is 2.27. The van der Waals surface area contributed by atoms with Crippen molar-refractivity contribution < 1.29 is 14.7 Å². The van der Waals surface area contributed by atoms with Gasteiger partial charge in [0.1, 0.15) is 6.10 Å². The zero-order valence-electron chi connectivity index (χ0n) is 9.66. The second-order valence-corrected chi connectivity index (χ2v) is 4.30. The number of aliphatic hydroxyl groups is 1. The van der Waals surface area contributed by atoms with E-state index < -0.39 is 12.0 Å². The number of hydrogen-bond donors (Lipinski definition) is 3. The van der Waals surface area contributed by atoms with Gasteiger partial charge in [-0.05, 0) is 19.8 Å². The SMILES string of the molecule is CC(O)C(=O)NCC(=O)NC1CCCCC1. The first kappa shape index (κ1) is 13.0. The molecule has 0 bridgehead atoms. The number of amides is 2. The molecule has 1 rings (SSSR count). The van der Waals surface area contributed by atoms with E-state index in [9.17, 15) is 9.59 Å². The second-order valence-electron chi connectivity index (χ2n) is 4.30. The lowest BCUT2D eigenvalue weighted by Gasteiger charge is -2.22. The molecule has 0 aliphatic heterocycles. The van der Waals surface area contributed by atoms with Gasteiger partial charge in [0.2, 0.25) is 11.8 Å². The fourth-order valence-corrected chi connectivity index (χ4v) is 1.84.